The molecule has 6 aromatic carbocycles. The molecule has 0 saturated heterocycles. The first kappa shape index (κ1) is 29.3. The third-order valence-electron chi connectivity index (χ3n) is 8.93. The van der Waals surface area contributed by atoms with Gasteiger partial charge in [-0.1, -0.05) is 164 Å². The van der Waals surface area contributed by atoms with Crippen LogP contribution in [0.5, 0.6) is 0 Å². The standard InChI is InChI=1S/C45H29N5/c1-5-13-31(14-6-1)39-28-26-33-25-27-37-38(29-40(32-15-7-2-8-16-32)47-42(37)41(33)46-39)30-21-23-36(24-22-30)45-49-43(34-17-9-3-10-18-34)48-44(50-45)35-19-11-4-12-20-35/h1-29H. The summed E-state index contributed by atoms with van der Waals surface area (Å²) in [4.78, 5) is 25.1. The maximum Gasteiger partial charge on any atom is 0.164 e. The molecule has 0 fully saturated rings. The number of rotatable bonds is 6. The minimum absolute atomic E-state index is 0.623. The second-order valence-corrected chi connectivity index (χ2v) is 12.1. The van der Waals surface area contributed by atoms with E-state index in [2.05, 4.69) is 78.9 Å². The summed E-state index contributed by atoms with van der Waals surface area (Å²) < 4.78 is 0. The molecule has 234 valence electrons. The summed E-state index contributed by atoms with van der Waals surface area (Å²) in [6.07, 6.45) is 0. The van der Waals surface area contributed by atoms with Gasteiger partial charge in [0.25, 0.3) is 0 Å². The van der Waals surface area contributed by atoms with E-state index in [1.54, 1.807) is 0 Å². The molecule has 0 radical (unpaired) electrons. The maximum absolute atomic E-state index is 5.25. The molecule has 5 heteroatoms. The molecule has 50 heavy (non-hydrogen) atoms. The normalized spacial score (nSPS) is 11.2. The summed E-state index contributed by atoms with van der Waals surface area (Å²) in [5, 5.41) is 2.09. The zero-order valence-electron chi connectivity index (χ0n) is 27.0. The smallest absolute Gasteiger partial charge is 0.164 e. The van der Waals surface area contributed by atoms with Gasteiger partial charge in [0, 0.05) is 38.6 Å². The molecule has 0 bridgehead atoms. The van der Waals surface area contributed by atoms with Crippen LogP contribution in [0.3, 0.4) is 0 Å². The van der Waals surface area contributed by atoms with Crippen LogP contribution < -0.4 is 0 Å². The van der Waals surface area contributed by atoms with Gasteiger partial charge in [-0.05, 0) is 23.3 Å². The summed E-state index contributed by atoms with van der Waals surface area (Å²) >= 11 is 0. The molecule has 0 unspecified atom stereocenters. The van der Waals surface area contributed by atoms with Gasteiger partial charge >= 0.3 is 0 Å². The Morgan fingerprint density at radius 3 is 1.24 bits per heavy atom. The highest BCUT2D eigenvalue weighted by Gasteiger charge is 2.16. The number of hydrogen-bond donors (Lipinski definition) is 0. The van der Waals surface area contributed by atoms with Crippen LogP contribution in [0.15, 0.2) is 176 Å². The van der Waals surface area contributed by atoms with Crippen molar-refractivity contribution in [3.8, 4) is 67.8 Å². The Balaban J connectivity index is 1.20. The van der Waals surface area contributed by atoms with Crippen molar-refractivity contribution in [2.45, 2.75) is 0 Å². The van der Waals surface area contributed by atoms with Crippen molar-refractivity contribution < 1.29 is 0 Å². The Bertz CT molecular complexity index is 2550. The van der Waals surface area contributed by atoms with Gasteiger partial charge in [-0.2, -0.15) is 0 Å². The minimum Gasteiger partial charge on any atom is -0.245 e. The quantitative estimate of drug-likeness (QED) is 0.169. The SMILES string of the molecule is c1ccc(-c2ccc3ccc4c(-c5ccc(-c6nc(-c7ccccc7)nc(-c7ccccc7)n6)cc5)cc(-c5ccccc5)nc4c3n2)cc1. The van der Waals surface area contributed by atoms with Crippen molar-refractivity contribution >= 4 is 21.8 Å². The Kier molecular flexibility index (Phi) is 7.41. The Morgan fingerprint density at radius 1 is 0.280 bits per heavy atom. The van der Waals surface area contributed by atoms with Crippen molar-refractivity contribution in [3.63, 3.8) is 0 Å². The van der Waals surface area contributed by atoms with Gasteiger partial charge in [0.15, 0.2) is 17.5 Å². The summed E-state index contributed by atoms with van der Waals surface area (Å²) in [7, 11) is 0. The molecular formula is C45H29N5. The van der Waals surface area contributed by atoms with Crippen molar-refractivity contribution in [2.24, 2.45) is 0 Å². The van der Waals surface area contributed by atoms with Crippen LogP contribution in [-0.4, -0.2) is 24.9 Å². The van der Waals surface area contributed by atoms with Crippen molar-refractivity contribution in [3.05, 3.63) is 176 Å². The van der Waals surface area contributed by atoms with Gasteiger partial charge in [-0.25, -0.2) is 24.9 Å². The number of fused-ring (bicyclic) bond motifs is 3. The monoisotopic (exact) mass is 639 g/mol. The number of hydrogen-bond acceptors (Lipinski definition) is 5. The van der Waals surface area contributed by atoms with Crippen LogP contribution in [0.1, 0.15) is 0 Å². The number of pyridine rings is 2. The molecule has 0 aliphatic carbocycles. The van der Waals surface area contributed by atoms with E-state index in [1.807, 2.05) is 97.1 Å². The van der Waals surface area contributed by atoms with Crippen LogP contribution in [0.25, 0.3) is 89.6 Å². The molecule has 3 aromatic heterocycles. The predicted octanol–water partition coefficient (Wildman–Crippen LogP) is 11.0. The minimum atomic E-state index is 0.623. The van der Waals surface area contributed by atoms with Crippen LogP contribution in [0.2, 0.25) is 0 Å². The second kappa shape index (κ2) is 12.6. The number of benzene rings is 6. The Morgan fingerprint density at radius 2 is 0.700 bits per heavy atom. The first-order valence-corrected chi connectivity index (χ1v) is 16.6. The fourth-order valence-electron chi connectivity index (χ4n) is 6.37. The van der Waals surface area contributed by atoms with Crippen LogP contribution in [0.4, 0.5) is 0 Å². The van der Waals surface area contributed by atoms with Crippen LogP contribution >= 0.6 is 0 Å². The third-order valence-corrected chi connectivity index (χ3v) is 8.93. The van der Waals surface area contributed by atoms with Gasteiger partial charge < -0.3 is 0 Å². The summed E-state index contributed by atoms with van der Waals surface area (Å²) in [6, 6.07) is 59.9. The fraction of sp³-hybridized carbons (Fsp3) is 0. The summed E-state index contributed by atoms with van der Waals surface area (Å²) in [6.45, 7) is 0. The molecule has 0 amide bonds. The lowest BCUT2D eigenvalue weighted by Crippen LogP contribution is -2.00. The van der Waals surface area contributed by atoms with Crippen LogP contribution in [0, 0.1) is 0 Å². The highest BCUT2D eigenvalue weighted by molar-refractivity contribution is 6.09. The first-order valence-electron chi connectivity index (χ1n) is 16.6. The van der Waals surface area contributed by atoms with E-state index < -0.39 is 0 Å². The molecule has 3 heterocycles. The molecule has 0 saturated carbocycles. The lowest BCUT2D eigenvalue weighted by molar-refractivity contribution is 1.07. The van der Waals surface area contributed by atoms with Crippen molar-refractivity contribution in [2.75, 3.05) is 0 Å². The lowest BCUT2D eigenvalue weighted by atomic mass is 9.96. The molecular weight excluding hydrogens is 611 g/mol. The molecule has 0 spiro atoms. The van der Waals surface area contributed by atoms with Gasteiger partial charge in [0.1, 0.15) is 0 Å². The Hall–Kier alpha value is -6.85. The molecule has 9 aromatic rings. The predicted molar refractivity (Wildman–Crippen MR) is 203 cm³/mol. The average molecular weight is 640 g/mol. The highest BCUT2D eigenvalue weighted by atomic mass is 15.0. The fourth-order valence-corrected chi connectivity index (χ4v) is 6.37. The average Bonchev–Trinajstić information content (AvgIpc) is 3.21. The Labute approximate surface area is 289 Å². The van der Waals surface area contributed by atoms with E-state index in [9.17, 15) is 0 Å². The summed E-state index contributed by atoms with van der Waals surface area (Å²) in [5.74, 6) is 1.90. The van der Waals surface area contributed by atoms with E-state index in [4.69, 9.17) is 24.9 Å². The highest BCUT2D eigenvalue weighted by Crippen LogP contribution is 2.36. The van der Waals surface area contributed by atoms with Gasteiger partial charge in [0.05, 0.1) is 22.4 Å². The maximum atomic E-state index is 5.25. The van der Waals surface area contributed by atoms with Crippen molar-refractivity contribution in [1.82, 2.24) is 24.9 Å². The zero-order chi connectivity index (χ0) is 33.3. The second-order valence-electron chi connectivity index (χ2n) is 12.1. The van der Waals surface area contributed by atoms with E-state index in [0.29, 0.717) is 17.5 Å². The molecule has 5 nitrogen and oxygen atoms in total. The lowest BCUT2D eigenvalue weighted by Gasteiger charge is -2.13. The number of aromatic nitrogens is 5. The van der Waals surface area contributed by atoms with Gasteiger partial charge in [0.2, 0.25) is 0 Å². The first-order chi connectivity index (χ1) is 24.8. The van der Waals surface area contributed by atoms with E-state index >= 15 is 0 Å². The van der Waals surface area contributed by atoms with Crippen LogP contribution in [-0.2, 0) is 0 Å². The third kappa shape index (κ3) is 5.57. The topological polar surface area (TPSA) is 64.5 Å². The molecule has 9 rings (SSSR count). The summed E-state index contributed by atoms with van der Waals surface area (Å²) in [5.41, 5.74) is 10.6. The van der Waals surface area contributed by atoms with Crippen molar-refractivity contribution in [1.29, 1.82) is 0 Å². The molecule has 0 aliphatic heterocycles. The zero-order valence-corrected chi connectivity index (χ0v) is 27.0. The van der Waals surface area contributed by atoms with Gasteiger partial charge in [-0.15, -0.1) is 0 Å². The van der Waals surface area contributed by atoms with E-state index in [-0.39, 0.29) is 0 Å². The largest absolute Gasteiger partial charge is 0.245 e. The van der Waals surface area contributed by atoms with E-state index in [0.717, 1.165) is 72.1 Å². The van der Waals surface area contributed by atoms with E-state index in [1.165, 1.54) is 0 Å². The number of nitrogens with zero attached hydrogens (tertiary/aromatic N) is 5. The molecule has 0 aliphatic rings. The van der Waals surface area contributed by atoms with Gasteiger partial charge in [-0.3, -0.25) is 0 Å². The molecule has 0 atom stereocenters. The molecule has 0 N–H and O–H groups in total.